The van der Waals surface area contributed by atoms with Gasteiger partial charge in [0.2, 0.25) is 0 Å². The molecule has 5 heteroatoms. The van der Waals surface area contributed by atoms with E-state index in [1.54, 1.807) is 18.6 Å². The number of aromatic nitrogens is 2. The molecule has 0 aliphatic heterocycles. The second kappa shape index (κ2) is 4.69. The third-order valence-electron chi connectivity index (χ3n) is 2.53. The fourth-order valence-corrected chi connectivity index (χ4v) is 1.65. The zero-order valence-corrected chi connectivity index (χ0v) is 9.53. The van der Waals surface area contributed by atoms with E-state index in [9.17, 15) is 4.79 Å². The number of hydrogen-bond donors (Lipinski definition) is 3. The molecule has 1 aromatic heterocycles. The molecule has 2 aromatic rings. The number of nitrogens with one attached hydrogen (secondary N) is 2. The number of nitrogens with two attached hydrogens (primary N) is 1. The van der Waals surface area contributed by atoms with Crippen molar-refractivity contribution < 1.29 is 4.79 Å². The molecule has 17 heavy (non-hydrogen) atoms. The Kier molecular flexibility index (Phi) is 3.09. The van der Waals surface area contributed by atoms with Crippen molar-refractivity contribution in [2.45, 2.75) is 13.5 Å². The summed E-state index contributed by atoms with van der Waals surface area (Å²) in [6.45, 7) is 2.27. The fraction of sp³-hybridized carbons (Fsp3) is 0.167. The minimum absolute atomic E-state index is 0.171. The molecule has 1 amide bonds. The predicted octanol–water partition coefficient (Wildman–Crippen LogP) is 1.23. The molecular formula is C12H14N4O. The van der Waals surface area contributed by atoms with Crippen LogP contribution in [0.3, 0.4) is 0 Å². The van der Waals surface area contributed by atoms with Gasteiger partial charge in [0.25, 0.3) is 5.91 Å². The highest BCUT2D eigenvalue weighted by Gasteiger charge is 2.11. The van der Waals surface area contributed by atoms with Gasteiger partial charge in [0.15, 0.2) is 0 Å². The van der Waals surface area contributed by atoms with Crippen LogP contribution in [-0.4, -0.2) is 15.9 Å². The van der Waals surface area contributed by atoms with E-state index in [1.165, 1.54) is 0 Å². The lowest BCUT2D eigenvalue weighted by Crippen LogP contribution is -2.24. The first kappa shape index (κ1) is 11.2. The van der Waals surface area contributed by atoms with Gasteiger partial charge in [-0.1, -0.05) is 12.1 Å². The molecule has 0 radical (unpaired) electrons. The minimum Gasteiger partial charge on any atom is -0.398 e. The molecular weight excluding hydrogens is 216 g/mol. The number of rotatable bonds is 3. The van der Waals surface area contributed by atoms with Gasteiger partial charge in [0.1, 0.15) is 0 Å². The van der Waals surface area contributed by atoms with Crippen LogP contribution in [0.1, 0.15) is 21.6 Å². The second-order valence-electron chi connectivity index (χ2n) is 3.80. The molecule has 0 aliphatic rings. The Bertz CT molecular complexity index is 499. The Labute approximate surface area is 99.1 Å². The van der Waals surface area contributed by atoms with Crippen LogP contribution in [0.15, 0.2) is 30.7 Å². The SMILES string of the molecule is Cc1cccc(N)c1C(=O)NCc1cnc[nH]1. The van der Waals surface area contributed by atoms with Gasteiger partial charge in [-0.3, -0.25) is 4.79 Å². The highest BCUT2D eigenvalue weighted by Crippen LogP contribution is 2.15. The van der Waals surface area contributed by atoms with Gasteiger partial charge in [0, 0.05) is 11.9 Å². The number of nitrogens with zero attached hydrogens (tertiary/aromatic N) is 1. The highest BCUT2D eigenvalue weighted by molar-refractivity contribution is 6.00. The number of nitrogen functional groups attached to an aromatic ring is 1. The van der Waals surface area contributed by atoms with E-state index >= 15 is 0 Å². The molecule has 1 heterocycles. The van der Waals surface area contributed by atoms with Crippen LogP contribution in [0.2, 0.25) is 0 Å². The summed E-state index contributed by atoms with van der Waals surface area (Å²) in [6.07, 6.45) is 3.24. The van der Waals surface area contributed by atoms with Crippen molar-refractivity contribution in [1.82, 2.24) is 15.3 Å². The second-order valence-corrected chi connectivity index (χ2v) is 3.80. The van der Waals surface area contributed by atoms with Crippen LogP contribution in [0.5, 0.6) is 0 Å². The van der Waals surface area contributed by atoms with Crippen LogP contribution >= 0.6 is 0 Å². The van der Waals surface area contributed by atoms with Gasteiger partial charge >= 0.3 is 0 Å². The Morgan fingerprint density at radius 1 is 1.53 bits per heavy atom. The third-order valence-corrected chi connectivity index (χ3v) is 2.53. The van der Waals surface area contributed by atoms with Crippen molar-refractivity contribution >= 4 is 11.6 Å². The molecule has 4 N–H and O–H groups in total. The summed E-state index contributed by atoms with van der Waals surface area (Å²) in [4.78, 5) is 18.7. The molecule has 0 aliphatic carbocycles. The van der Waals surface area contributed by atoms with Crippen molar-refractivity contribution in [2.24, 2.45) is 0 Å². The normalized spacial score (nSPS) is 10.2. The molecule has 0 atom stereocenters. The highest BCUT2D eigenvalue weighted by atomic mass is 16.1. The average molecular weight is 230 g/mol. The van der Waals surface area contributed by atoms with E-state index in [2.05, 4.69) is 15.3 Å². The molecule has 0 saturated carbocycles. The molecule has 0 spiro atoms. The lowest BCUT2D eigenvalue weighted by atomic mass is 10.1. The van der Waals surface area contributed by atoms with Gasteiger partial charge < -0.3 is 16.0 Å². The first-order valence-electron chi connectivity index (χ1n) is 5.29. The third kappa shape index (κ3) is 2.44. The van der Waals surface area contributed by atoms with Gasteiger partial charge in [-0.15, -0.1) is 0 Å². The Hall–Kier alpha value is -2.30. The van der Waals surface area contributed by atoms with Crippen molar-refractivity contribution in [2.75, 3.05) is 5.73 Å². The van der Waals surface area contributed by atoms with E-state index in [-0.39, 0.29) is 5.91 Å². The summed E-state index contributed by atoms with van der Waals surface area (Å²) in [7, 11) is 0. The number of amides is 1. The monoisotopic (exact) mass is 230 g/mol. The number of aryl methyl sites for hydroxylation is 1. The summed E-state index contributed by atoms with van der Waals surface area (Å²) in [6, 6.07) is 5.41. The Morgan fingerprint density at radius 2 is 2.35 bits per heavy atom. The van der Waals surface area contributed by atoms with E-state index in [4.69, 9.17) is 5.73 Å². The van der Waals surface area contributed by atoms with E-state index in [0.717, 1.165) is 11.3 Å². The van der Waals surface area contributed by atoms with Gasteiger partial charge in [0.05, 0.1) is 24.1 Å². The number of benzene rings is 1. The number of carbonyl (C=O) groups is 1. The van der Waals surface area contributed by atoms with Crippen LogP contribution in [0.4, 0.5) is 5.69 Å². The Morgan fingerprint density at radius 3 is 3.00 bits per heavy atom. The summed E-state index contributed by atoms with van der Waals surface area (Å²) < 4.78 is 0. The van der Waals surface area contributed by atoms with Crippen LogP contribution in [0, 0.1) is 6.92 Å². The van der Waals surface area contributed by atoms with Crippen molar-refractivity contribution in [3.63, 3.8) is 0 Å². The van der Waals surface area contributed by atoms with Gasteiger partial charge in [-0.2, -0.15) is 0 Å². The quantitative estimate of drug-likeness (QED) is 0.693. The summed E-state index contributed by atoms with van der Waals surface area (Å²) in [5.41, 5.74) is 8.54. The zero-order valence-electron chi connectivity index (χ0n) is 9.53. The van der Waals surface area contributed by atoms with E-state index < -0.39 is 0 Å². The molecule has 0 saturated heterocycles. The maximum atomic E-state index is 12.0. The van der Waals surface area contributed by atoms with Crippen LogP contribution in [-0.2, 0) is 6.54 Å². The molecule has 88 valence electrons. The number of hydrogen-bond acceptors (Lipinski definition) is 3. The number of anilines is 1. The van der Waals surface area contributed by atoms with Crippen molar-refractivity contribution in [3.05, 3.63) is 47.5 Å². The number of H-pyrrole nitrogens is 1. The zero-order chi connectivity index (χ0) is 12.3. The Balaban J connectivity index is 2.10. The lowest BCUT2D eigenvalue weighted by molar-refractivity contribution is 0.0951. The summed E-state index contributed by atoms with van der Waals surface area (Å²) in [5.74, 6) is -0.171. The fourth-order valence-electron chi connectivity index (χ4n) is 1.65. The van der Waals surface area contributed by atoms with Crippen molar-refractivity contribution in [1.29, 1.82) is 0 Å². The molecule has 0 fully saturated rings. The number of aromatic amines is 1. The summed E-state index contributed by atoms with van der Waals surface area (Å²) >= 11 is 0. The molecule has 2 rings (SSSR count). The van der Waals surface area contributed by atoms with Gasteiger partial charge in [-0.05, 0) is 18.6 Å². The summed E-state index contributed by atoms with van der Waals surface area (Å²) in [5, 5.41) is 2.79. The molecule has 1 aromatic carbocycles. The topological polar surface area (TPSA) is 83.8 Å². The van der Waals surface area contributed by atoms with Crippen molar-refractivity contribution in [3.8, 4) is 0 Å². The first-order chi connectivity index (χ1) is 8.18. The van der Waals surface area contributed by atoms with Crippen LogP contribution < -0.4 is 11.1 Å². The first-order valence-corrected chi connectivity index (χ1v) is 5.29. The molecule has 0 bridgehead atoms. The molecule has 5 nitrogen and oxygen atoms in total. The van der Waals surface area contributed by atoms with Crippen LogP contribution in [0.25, 0.3) is 0 Å². The molecule has 0 unspecified atom stereocenters. The number of imidazole rings is 1. The lowest BCUT2D eigenvalue weighted by Gasteiger charge is -2.09. The predicted molar refractivity (Wildman–Crippen MR) is 65.3 cm³/mol. The minimum atomic E-state index is -0.171. The average Bonchev–Trinajstić information content (AvgIpc) is 2.79. The number of carbonyl (C=O) groups excluding carboxylic acids is 1. The smallest absolute Gasteiger partial charge is 0.253 e. The van der Waals surface area contributed by atoms with E-state index in [0.29, 0.717) is 17.8 Å². The standard InChI is InChI=1S/C12H14N4O/c1-8-3-2-4-10(13)11(8)12(17)15-6-9-5-14-7-16-9/h2-5,7H,6,13H2,1H3,(H,14,16)(H,15,17). The maximum Gasteiger partial charge on any atom is 0.253 e. The van der Waals surface area contributed by atoms with Gasteiger partial charge in [-0.25, -0.2) is 4.98 Å². The van der Waals surface area contributed by atoms with E-state index in [1.807, 2.05) is 19.1 Å². The largest absolute Gasteiger partial charge is 0.398 e. The maximum absolute atomic E-state index is 12.0.